The summed E-state index contributed by atoms with van der Waals surface area (Å²) in [6, 6.07) is 8.68. The number of benzene rings is 1. The smallest absolute Gasteiger partial charge is 0.316 e. The Morgan fingerprint density at radius 1 is 1.30 bits per heavy atom. The first-order valence-corrected chi connectivity index (χ1v) is 8.49. The van der Waals surface area contributed by atoms with Gasteiger partial charge in [0.15, 0.2) is 5.58 Å². The number of hydrogen-bond donors (Lipinski definition) is 1. The predicted octanol–water partition coefficient (Wildman–Crippen LogP) is 2.49. The molecule has 2 aromatic heterocycles. The van der Waals surface area contributed by atoms with Gasteiger partial charge in [-0.3, -0.25) is 0 Å². The first-order valence-electron chi connectivity index (χ1n) is 5.96. The zero-order valence-electron chi connectivity index (χ0n) is 10.4. The Morgan fingerprint density at radius 2 is 2.15 bits per heavy atom. The second-order valence-electron chi connectivity index (χ2n) is 4.36. The summed E-state index contributed by atoms with van der Waals surface area (Å²) >= 11 is 1.53. The number of fused-ring (bicyclic) bond motifs is 1. The Kier molecular flexibility index (Phi) is 3.23. The van der Waals surface area contributed by atoms with Crippen LogP contribution in [-0.2, 0) is 16.3 Å². The summed E-state index contributed by atoms with van der Waals surface area (Å²) in [4.78, 5) is 5.04. The molecule has 20 heavy (non-hydrogen) atoms. The Bertz CT molecular complexity index is 836. The molecule has 3 rings (SSSR count). The van der Waals surface area contributed by atoms with Gasteiger partial charge in [0.05, 0.1) is 5.75 Å². The summed E-state index contributed by atoms with van der Waals surface area (Å²) in [5, 5.41) is 1.68. The number of rotatable bonds is 4. The van der Waals surface area contributed by atoms with Crippen molar-refractivity contribution in [3.8, 4) is 0 Å². The molecule has 0 amide bonds. The molecule has 0 unspecified atom stereocenters. The van der Waals surface area contributed by atoms with Crippen LogP contribution in [0.5, 0.6) is 0 Å². The quantitative estimate of drug-likeness (QED) is 0.748. The van der Waals surface area contributed by atoms with Crippen LogP contribution in [0.15, 0.2) is 45.4 Å². The number of aryl methyl sites for hydroxylation is 1. The maximum Gasteiger partial charge on any atom is 0.316 e. The molecule has 0 aliphatic heterocycles. The van der Waals surface area contributed by atoms with Crippen LogP contribution in [0.4, 0.5) is 5.69 Å². The minimum atomic E-state index is -3.52. The number of nitrogens with two attached hydrogens (primary N) is 1. The molecule has 104 valence electrons. The average Bonchev–Trinajstić information content (AvgIpc) is 3.05. The van der Waals surface area contributed by atoms with Gasteiger partial charge in [-0.1, -0.05) is 6.07 Å². The Hall–Kier alpha value is -1.86. The first-order chi connectivity index (χ1) is 9.54. The third kappa shape index (κ3) is 2.54. The van der Waals surface area contributed by atoms with Gasteiger partial charge >= 0.3 is 5.22 Å². The second kappa shape index (κ2) is 4.92. The van der Waals surface area contributed by atoms with Gasteiger partial charge < -0.3 is 10.2 Å². The van der Waals surface area contributed by atoms with Crippen molar-refractivity contribution in [2.75, 3.05) is 11.5 Å². The lowest BCUT2D eigenvalue weighted by Gasteiger charge is -1.97. The van der Waals surface area contributed by atoms with Crippen LogP contribution in [0.2, 0.25) is 0 Å². The van der Waals surface area contributed by atoms with Crippen molar-refractivity contribution in [2.24, 2.45) is 0 Å². The number of aromatic nitrogens is 1. The van der Waals surface area contributed by atoms with E-state index in [4.69, 9.17) is 10.2 Å². The minimum absolute atomic E-state index is 0.0180. The highest BCUT2D eigenvalue weighted by molar-refractivity contribution is 7.91. The van der Waals surface area contributed by atoms with Crippen molar-refractivity contribution >= 4 is 38.0 Å². The van der Waals surface area contributed by atoms with Crippen molar-refractivity contribution < 1.29 is 12.8 Å². The Labute approximate surface area is 120 Å². The maximum atomic E-state index is 12.2. The molecule has 0 spiro atoms. The van der Waals surface area contributed by atoms with Crippen LogP contribution in [-0.4, -0.2) is 19.2 Å². The number of sulfone groups is 1. The van der Waals surface area contributed by atoms with Crippen LogP contribution >= 0.6 is 11.3 Å². The van der Waals surface area contributed by atoms with E-state index in [0.717, 1.165) is 4.88 Å². The topological polar surface area (TPSA) is 86.2 Å². The lowest BCUT2D eigenvalue weighted by molar-refractivity contribution is 0.458. The molecule has 5 nitrogen and oxygen atoms in total. The molecule has 0 saturated heterocycles. The van der Waals surface area contributed by atoms with Gasteiger partial charge in [0.2, 0.25) is 9.84 Å². The summed E-state index contributed by atoms with van der Waals surface area (Å²) in [5.74, 6) is -0.0180. The van der Waals surface area contributed by atoms with Gasteiger partial charge in [0, 0.05) is 16.6 Å². The van der Waals surface area contributed by atoms with Crippen LogP contribution in [0.25, 0.3) is 11.1 Å². The van der Waals surface area contributed by atoms with Crippen molar-refractivity contribution in [3.63, 3.8) is 0 Å². The largest absolute Gasteiger partial charge is 0.428 e. The van der Waals surface area contributed by atoms with Crippen LogP contribution in [0.3, 0.4) is 0 Å². The number of thiophene rings is 1. The normalized spacial score (nSPS) is 12.0. The zero-order chi connectivity index (χ0) is 14.2. The molecule has 2 N–H and O–H groups in total. The summed E-state index contributed by atoms with van der Waals surface area (Å²) in [5.41, 5.74) is 7.02. The number of oxazole rings is 1. The van der Waals surface area contributed by atoms with E-state index >= 15 is 0 Å². The zero-order valence-corrected chi connectivity index (χ0v) is 12.1. The summed E-state index contributed by atoms with van der Waals surface area (Å²) in [6.45, 7) is 0. The second-order valence-corrected chi connectivity index (χ2v) is 7.37. The molecular formula is C13H12N2O3S2. The summed E-state index contributed by atoms with van der Waals surface area (Å²) in [7, 11) is -3.52. The van der Waals surface area contributed by atoms with Gasteiger partial charge in [-0.05, 0) is 30.0 Å². The van der Waals surface area contributed by atoms with E-state index < -0.39 is 9.84 Å². The molecule has 0 aliphatic carbocycles. The van der Waals surface area contributed by atoms with Gasteiger partial charge in [-0.15, -0.1) is 11.3 Å². The predicted molar refractivity (Wildman–Crippen MR) is 78.5 cm³/mol. The molecule has 0 aliphatic rings. The van der Waals surface area contributed by atoms with E-state index in [-0.39, 0.29) is 11.0 Å². The number of nitrogens with zero attached hydrogens (tertiary/aromatic N) is 1. The number of hydrogen-bond acceptors (Lipinski definition) is 6. The standard InChI is InChI=1S/C13H12N2O3S2/c14-9-3-4-11-12(8-9)18-13(15-11)20(16,17)7-5-10-2-1-6-19-10/h1-4,6,8H,5,7,14H2. The minimum Gasteiger partial charge on any atom is -0.428 e. The molecular weight excluding hydrogens is 296 g/mol. The van der Waals surface area contributed by atoms with Crippen LogP contribution < -0.4 is 5.73 Å². The fraction of sp³-hybridized carbons (Fsp3) is 0.154. The molecule has 3 aromatic rings. The third-order valence-electron chi connectivity index (χ3n) is 2.86. The highest BCUT2D eigenvalue weighted by Gasteiger charge is 2.22. The average molecular weight is 308 g/mol. The number of anilines is 1. The van der Waals surface area contributed by atoms with Crippen LogP contribution in [0.1, 0.15) is 4.88 Å². The monoisotopic (exact) mass is 308 g/mol. The fourth-order valence-electron chi connectivity index (χ4n) is 1.83. The highest BCUT2D eigenvalue weighted by Crippen LogP contribution is 2.22. The molecule has 7 heteroatoms. The van der Waals surface area contributed by atoms with Crippen molar-refractivity contribution in [3.05, 3.63) is 40.6 Å². The summed E-state index contributed by atoms with van der Waals surface area (Å²) in [6.07, 6.45) is 0.459. The fourth-order valence-corrected chi connectivity index (χ4v) is 3.79. The van der Waals surface area contributed by atoms with E-state index in [1.54, 1.807) is 18.2 Å². The molecule has 0 bridgehead atoms. The maximum absolute atomic E-state index is 12.2. The highest BCUT2D eigenvalue weighted by atomic mass is 32.2. The van der Waals surface area contributed by atoms with E-state index in [9.17, 15) is 8.42 Å². The SMILES string of the molecule is Nc1ccc2nc(S(=O)(=O)CCc3cccs3)oc2c1. The van der Waals surface area contributed by atoms with Crippen molar-refractivity contribution in [1.82, 2.24) is 4.98 Å². The van der Waals surface area contributed by atoms with Crippen molar-refractivity contribution in [1.29, 1.82) is 0 Å². The Morgan fingerprint density at radius 3 is 2.90 bits per heavy atom. The molecule has 0 fully saturated rings. The molecule has 2 heterocycles. The molecule has 0 atom stereocenters. The molecule has 1 aromatic carbocycles. The van der Waals surface area contributed by atoms with Crippen LogP contribution in [0, 0.1) is 0 Å². The van der Waals surface area contributed by atoms with E-state index in [0.29, 0.717) is 23.2 Å². The van der Waals surface area contributed by atoms with E-state index in [1.807, 2.05) is 17.5 Å². The van der Waals surface area contributed by atoms with E-state index in [2.05, 4.69) is 4.98 Å². The first kappa shape index (κ1) is 13.1. The molecule has 0 saturated carbocycles. The molecule has 0 radical (unpaired) electrons. The van der Waals surface area contributed by atoms with Gasteiger partial charge in [0.1, 0.15) is 5.52 Å². The summed E-state index contributed by atoms with van der Waals surface area (Å²) < 4.78 is 29.7. The third-order valence-corrected chi connectivity index (χ3v) is 5.24. The van der Waals surface area contributed by atoms with Gasteiger partial charge in [-0.25, -0.2) is 8.42 Å². The number of nitrogen functional groups attached to an aromatic ring is 1. The lowest BCUT2D eigenvalue weighted by Crippen LogP contribution is -2.09. The van der Waals surface area contributed by atoms with E-state index in [1.165, 1.54) is 11.3 Å². The van der Waals surface area contributed by atoms with Gasteiger partial charge in [-0.2, -0.15) is 4.98 Å². The lowest BCUT2D eigenvalue weighted by atomic mass is 10.3. The van der Waals surface area contributed by atoms with Crippen molar-refractivity contribution in [2.45, 2.75) is 11.6 Å². The van der Waals surface area contributed by atoms with Gasteiger partial charge in [0.25, 0.3) is 0 Å². The Balaban J connectivity index is 1.88.